The minimum absolute atomic E-state index is 0.182. The molecule has 0 spiro atoms. The van der Waals surface area contributed by atoms with Crippen molar-refractivity contribution in [1.82, 2.24) is 4.90 Å². The highest BCUT2D eigenvalue weighted by Crippen LogP contribution is 2.25. The maximum atomic E-state index is 10.1. The van der Waals surface area contributed by atoms with Crippen LogP contribution in [0.3, 0.4) is 0 Å². The predicted molar refractivity (Wildman–Crippen MR) is 72.7 cm³/mol. The third kappa shape index (κ3) is 3.03. The van der Waals surface area contributed by atoms with Crippen molar-refractivity contribution in [3.63, 3.8) is 0 Å². The Kier molecular flexibility index (Phi) is 4.61. The molecule has 1 aliphatic carbocycles. The van der Waals surface area contributed by atoms with E-state index in [1.54, 1.807) is 7.11 Å². The molecule has 2 atom stereocenters. The van der Waals surface area contributed by atoms with E-state index in [2.05, 4.69) is 18.0 Å². The van der Waals surface area contributed by atoms with E-state index in [-0.39, 0.29) is 12.1 Å². The summed E-state index contributed by atoms with van der Waals surface area (Å²) in [6.07, 6.45) is 4.21. The molecule has 100 valence electrons. The van der Waals surface area contributed by atoms with Gasteiger partial charge in [0.05, 0.1) is 13.2 Å². The zero-order valence-electron chi connectivity index (χ0n) is 11.3. The lowest BCUT2D eigenvalue weighted by Gasteiger charge is -2.35. The van der Waals surface area contributed by atoms with Gasteiger partial charge >= 0.3 is 0 Å². The monoisotopic (exact) mass is 249 g/mol. The van der Waals surface area contributed by atoms with Crippen molar-refractivity contribution in [3.05, 3.63) is 29.8 Å². The fourth-order valence-electron chi connectivity index (χ4n) is 2.83. The molecule has 0 aliphatic heterocycles. The molecule has 1 fully saturated rings. The Labute approximate surface area is 109 Å². The summed E-state index contributed by atoms with van der Waals surface area (Å²) < 4.78 is 5.37. The highest BCUT2D eigenvalue weighted by molar-refractivity contribution is 5.33. The van der Waals surface area contributed by atoms with Gasteiger partial charge in [-0.1, -0.05) is 31.0 Å². The Hall–Kier alpha value is -1.06. The van der Waals surface area contributed by atoms with Crippen LogP contribution in [0.15, 0.2) is 24.3 Å². The molecular weight excluding hydrogens is 226 g/mol. The standard InChI is InChI=1S/C15H23NO2/c1-16(13-8-4-5-9-14(13)17)11-12-7-3-6-10-15(12)18-2/h3,6-7,10,13-14,17H,4-5,8-9,11H2,1-2H3. The summed E-state index contributed by atoms with van der Waals surface area (Å²) in [7, 11) is 3.79. The van der Waals surface area contributed by atoms with Gasteiger partial charge in [-0.2, -0.15) is 0 Å². The molecule has 18 heavy (non-hydrogen) atoms. The first-order valence-electron chi connectivity index (χ1n) is 6.72. The topological polar surface area (TPSA) is 32.7 Å². The Morgan fingerprint density at radius 1 is 1.28 bits per heavy atom. The molecule has 0 amide bonds. The summed E-state index contributed by atoms with van der Waals surface area (Å²) >= 11 is 0. The number of methoxy groups -OCH3 is 1. The van der Waals surface area contributed by atoms with E-state index in [1.165, 1.54) is 12.0 Å². The third-order valence-electron chi connectivity index (χ3n) is 3.87. The summed E-state index contributed by atoms with van der Waals surface area (Å²) in [4.78, 5) is 2.25. The number of likely N-dealkylation sites (N-methyl/N-ethyl adjacent to an activating group) is 1. The molecule has 2 unspecified atom stereocenters. The third-order valence-corrected chi connectivity index (χ3v) is 3.87. The first-order valence-corrected chi connectivity index (χ1v) is 6.72. The predicted octanol–water partition coefficient (Wildman–Crippen LogP) is 2.43. The van der Waals surface area contributed by atoms with Gasteiger partial charge in [0.2, 0.25) is 0 Å². The second-order valence-corrected chi connectivity index (χ2v) is 5.15. The van der Waals surface area contributed by atoms with E-state index >= 15 is 0 Å². The second-order valence-electron chi connectivity index (χ2n) is 5.15. The minimum atomic E-state index is -0.182. The normalized spacial score (nSPS) is 24.2. The van der Waals surface area contributed by atoms with Gasteiger partial charge < -0.3 is 9.84 Å². The van der Waals surface area contributed by atoms with Crippen LogP contribution in [0.1, 0.15) is 31.2 Å². The Balaban J connectivity index is 2.03. The molecule has 1 N–H and O–H groups in total. The number of aliphatic hydroxyl groups is 1. The molecular formula is C15H23NO2. The Morgan fingerprint density at radius 2 is 2.00 bits per heavy atom. The van der Waals surface area contributed by atoms with Gasteiger partial charge in [-0.05, 0) is 26.0 Å². The lowest BCUT2D eigenvalue weighted by atomic mass is 9.91. The molecule has 0 saturated heterocycles. The maximum absolute atomic E-state index is 10.1. The highest BCUT2D eigenvalue weighted by atomic mass is 16.5. The van der Waals surface area contributed by atoms with Gasteiger partial charge in [-0.15, -0.1) is 0 Å². The molecule has 0 heterocycles. The highest BCUT2D eigenvalue weighted by Gasteiger charge is 2.26. The molecule has 0 aromatic heterocycles. The zero-order chi connectivity index (χ0) is 13.0. The smallest absolute Gasteiger partial charge is 0.123 e. The number of aliphatic hydroxyl groups excluding tert-OH is 1. The van der Waals surface area contributed by atoms with Gasteiger partial charge in [0, 0.05) is 18.2 Å². The van der Waals surface area contributed by atoms with Crippen molar-refractivity contribution in [3.8, 4) is 5.75 Å². The molecule has 1 aromatic rings. The van der Waals surface area contributed by atoms with Crippen LogP contribution in [0.25, 0.3) is 0 Å². The van der Waals surface area contributed by atoms with Gasteiger partial charge in [-0.3, -0.25) is 4.90 Å². The van der Waals surface area contributed by atoms with Crippen LogP contribution in [0.2, 0.25) is 0 Å². The second kappa shape index (κ2) is 6.21. The Morgan fingerprint density at radius 3 is 2.72 bits per heavy atom. The molecule has 1 saturated carbocycles. The van der Waals surface area contributed by atoms with Crippen LogP contribution in [-0.2, 0) is 6.54 Å². The lowest BCUT2D eigenvalue weighted by molar-refractivity contribution is 0.0285. The number of hydrogen-bond donors (Lipinski definition) is 1. The SMILES string of the molecule is COc1ccccc1CN(C)C1CCCCC1O. The first-order chi connectivity index (χ1) is 8.72. The molecule has 3 heteroatoms. The summed E-state index contributed by atoms with van der Waals surface area (Å²) in [6.45, 7) is 0.825. The number of rotatable bonds is 4. The summed E-state index contributed by atoms with van der Waals surface area (Å²) in [5.41, 5.74) is 1.18. The average molecular weight is 249 g/mol. The molecule has 3 nitrogen and oxygen atoms in total. The number of ether oxygens (including phenoxy) is 1. The van der Waals surface area contributed by atoms with E-state index in [0.29, 0.717) is 0 Å². The fourth-order valence-corrected chi connectivity index (χ4v) is 2.83. The van der Waals surface area contributed by atoms with Crippen LogP contribution < -0.4 is 4.74 Å². The van der Waals surface area contributed by atoms with Crippen molar-refractivity contribution in [2.75, 3.05) is 14.2 Å². The van der Waals surface area contributed by atoms with E-state index in [4.69, 9.17) is 4.74 Å². The molecule has 0 bridgehead atoms. The minimum Gasteiger partial charge on any atom is -0.496 e. The fraction of sp³-hybridized carbons (Fsp3) is 0.600. The molecule has 1 aromatic carbocycles. The van der Waals surface area contributed by atoms with Crippen molar-refractivity contribution in [1.29, 1.82) is 0 Å². The van der Waals surface area contributed by atoms with Crippen molar-refractivity contribution in [2.24, 2.45) is 0 Å². The quantitative estimate of drug-likeness (QED) is 0.889. The van der Waals surface area contributed by atoms with Gasteiger partial charge in [-0.25, -0.2) is 0 Å². The first kappa shape index (κ1) is 13.4. The van der Waals surface area contributed by atoms with Crippen LogP contribution in [0.4, 0.5) is 0 Å². The summed E-state index contributed by atoms with van der Waals surface area (Å²) in [5.74, 6) is 0.926. The Bertz CT molecular complexity index is 381. The van der Waals surface area contributed by atoms with E-state index in [0.717, 1.165) is 31.6 Å². The lowest BCUT2D eigenvalue weighted by Crippen LogP contribution is -2.42. The molecule has 1 aliphatic rings. The largest absolute Gasteiger partial charge is 0.496 e. The summed E-state index contributed by atoms with van der Waals surface area (Å²) in [6, 6.07) is 8.37. The zero-order valence-corrected chi connectivity index (χ0v) is 11.3. The van der Waals surface area contributed by atoms with Crippen LogP contribution in [-0.4, -0.2) is 36.3 Å². The van der Waals surface area contributed by atoms with Gasteiger partial charge in [0.25, 0.3) is 0 Å². The molecule has 0 radical (unpaired) electrons. The average Bonchev–Trinajstić information content (AvgIpc) is 2.39. The van der Waals surface area contributed by atoms with Gasteiger partial charge in [0.15, 0.2) is 0 Å². The molecule has 2 rings (SSSR count). The van der Waals surface area contributed by atoms with Crippen LogP contribution in [0.5, 0.6) is 5.75 Å². The number of hydrogen-bond acceptors (Lipinski definition) is 3. The summed E-state index contributed by atoms with van der Waals surface area (Å²) in [5, 5.41) is 10.1. The van der Waals surface area contributed by atoms with Crippen molar-refractivity contribution in [2.45, 2.75) is 44.4 Å². The van der Waals surface area contributed by atoms with Crippen molar-refractivity contribution < 1.29 is 9.84 Å². The number of para-hydroxylation sites is 1. The van der Waals surface area contributed by atoms with E-state index < -0.39 is 0 Å². The van der Waals surface area contributed by atoms with E-state index in [1.807, 2.05) is 18.2 Å². The maximum Gasteiger partial charge on any atom is 0.123 e. The van der Waals surface area contributed by atoms with Gasteiger partial charge in [0.1, 0.15) is 5.75 Å². The van der Waals surface area contributed by atoms with Crippen molar-refractivity contribution >= 4 is 0 Å². The number of benzene rings is 1. The number of nitrogens with zero attached hydrogens (tertiary/aromatic N) is 1. The van der Waals surface area contributed by atoms with Crippen LogP contribution >= 0.6 is 0 Å². The van der Waals surface area contributed by atoms with Crippen LogP contribution in [0, 0.1) is 0 Å². The van der Waals surface area contributed by atoms with E-state index in [9.17, 15) is 5.11 Å².